The number of nitrogens with two attached hydrogens (primary N) is 1. The second-order valence-corrected chi connectivity index (χ2v) is 5.66. The van der Waals surface area contributed by atoms with Gasteiger partial charge in [0.15, 0.2) is 11.6 Å². The summed E-state index contributed by atoms with van der Waals surface area (Å²) in [6.45, 7) is 7.02. The summed E-state index contributed by atoms with van der Waals surface area (Å²) in [6.07, 6.45) is 0.726. The predicted molar refractivity (Wildman–Crippen MR) is 79.4 cm³/mol. The Labute approximate surface area is 125 Å². The first-order valence-corrected chi connectivity index (χ1v) is 7.31. The lowest BCUT2D eigenvalue weighted by Crippen LogP contribution is -2.39. The van der Waals surface area contributed by atoms with Crippen LogP contribution < -0.4 is 5.73 Å². The van der Waals surface area contributed by atoms with E-state index in [0.717, 1.165) is 18.6 Å². The summed E-state index contributed by atoms with van der Waals surface area (Å²) in [5, 5.41) is 0. The van der Waals surface area contributed by atoms with E-state index in [0.29, 0.717) is 24.6 Å². The smallest absolute Gasteiger partial charge is 0.227 e. The number of carbonyl (C=O) groups excluding carboxylic acids is 1. The van der Waals surface area contributed by atoms with Crippen LogP contribution in [0.1, 0.15) is 32.8 Å². The SMILES string of the molecule is CCN(Cc1ccc(F)c(F)c1)C(=O)C(CN)CC(C)C. The molecule has 21 heavy (non-hydrogen) atoms. The van der Waals surface area contributed by atoms with Crippen molar-refractivity contribution in [3.8, 4) is 0 Å². The van der Waals surface area contributed by atoms with Crippen LogP contribution in [0.3, 0.4) is 0 Å². The molecule has 0 aliphatic heterocycles. The quantitative estimate of drug-likeness (QED) is 0.841. The third-order valence-corrected chi connectivity index (χ3v) is 3.44. The second-order valence-electron chi connectivity index (χ2n) is 5.66. The molecule has 1 amide bonds. The molecule has 2 N–H and O–H groups in total. The standard InChI is InChI=1S/C16H24F2N2O/c1-4-20(16(21)13(9-19)7-11(2)3)10-12-5-6-14(17)15(18)8-12/h5-6,8,11,13H,4,7,9-10,19H2,1-3H3. The van der Waals surface area contributed by atoms with Crippen molar-refractivity contribution in [2.45, 2.75) is 33.7 Å². The molecule has 0 heterocycles. The van der Waals surface area contributed by atoms with E-state index in [1.165, 1.54) is 6.07 Å². The Hall–Kier alpha value is -1.49. The van der Waals surface area contributed by atoms with E-state index in [4.69, 9.17) is 5.73 Å². The van der Waals surface area contributed by atoms with Crippen molar-refractivity contribution in [3.63, 3.8) is 0 Å². The minimum Gasteiger partial charge on any atom is -0.338 e. The van der Waals surface area contributed by atoms with Crippen LogP contribution in [-0.2, 0) is 11.3 Å². The Morgan fingerprint density at radius 1 is 1.29 bits per heavy atom. The van der Waals surface area contributed by atoms with Crippen LogP contribution in [-0.4, -0.2) is 23.9 Å². The summed E-state index contributed by atoms with van der Waals surface area (Å²) < 4.78 is 26.2. The first-order valence-electron chi connectivity index (χ1n) is 7.31. The molecule has 0 bridgehead atoms. The van der Waals surface area contributed by atoms with Crippen molar-refractivity contribution >= 4 is 5.91 Å². The van der Waals surface area contributed by atoms with Gasteiger partial charge in [0.1, 0.15) is 0 Å². The number of nitrogens with zero attached hydrogens (tertiary/aromatic N) is 1. The molecule has 0 aliphatic carbocycles. The maximum atomic E-state index is 13.2. The molecule has 1 aromatic carbocycles. The zero-order chi connectivity index (χ0) is 16.0. The largest absolute Gasteiger partial charge is 0.338 e. The number of carbonyl (C=O) groups is 1. The molecule has 3 nitrogen and oxygen atoms in total. The maximum Gasteiger partial charge on any atom is 0.227 e. The number of benzene rings is 1. The normalized spacial score (nSPS) is 12.5. The second kappa shape index (κ2) is 8.08. The maximum absolute atomic E-state index is 13.2. The number of amides is 1. The zero-order valence-corrected chi connectivity index (χ0v) is 12.9. The molecule has 0 saturated heterocycles. The number of rotatable bonds is 7. The molecule has 0 fully saturated rings. The van der Waals surface area contributed by atoms with Crippen LogP contribution in [0.15, 0.2) is 18.2 Å². The van der Waals surface area contributed by atoms with Crippen molar-refractivity contribution in [1.29, 1.82) is 0 Å². The third kappa shape index (κ3) is 5.08. The van der Waals surface area contributed by atoms with Crippen molar-refractivity contribution in [2.75, 3.05) is 13.1 Å². The summed E-state index contributed by atoms with van der Waals surface area (Å²) in [6, 6.07) is 3.71. The van der Waals surface area contributed by atoms with Crippen molar-refractivity contribution in [2.24, 2.45) is 17.6 Å². The van der Waals surface area contributed by atoms with Gasteiger partial charge in [-0.2, -0.15) is 0 Å². The molecule has 1 unspecified atom stereocenters. The average Bonchev–Trinajstić information content (AvgIpc) is 2.45. The fraction of sp³-hybridized carbons (Fsp3) is 0.562. The summed E-state index contributed by atoms with van der Waals surface area (Å²) in [5.41, 5.74) is 6.27. The molecule has 0 radical (unpaired) electrons. The summed E-state index contributed by atoms with van der Waals surface area (Å²) in [7, 11) is 0. The number of hydrogen-bond donors (Lipinski definition) is 1. The molecule has 0 saturated carbocycles. The lowest BCUT2D eigenvalue weighted by Gasteiger charge is -2.26. The van der Waals surface area contributed by atoms with Crippen LogP contribution in [0.5, 0.6) is 0 Å². The highest BCUT2D eigenvalue weighted by Crippen LogP contribution is 2.17. The van der Waals surface area contributed by atoms with E-state index in [1.54, 1.807) is 4.90 Å². The third-order valence-electron chi connectivity index (χ3n) is 3.44. The Morgan fingerprint density at radius 3 is 2.43 bits per heavy atom. The van der Waals surface area contributed by atoms with Gasteiger partial charge in [0, 0.05) is 19.6 Å². The fourth-order valence-electron chi connectivity index (χ4n) is 2.33. The predicted octanol–water partition coefficient (Wildman–Crippen LogP) is 2.93. The minimum absolute atomic E-state index is 0.0292. The van der Waals surface area contributed by atoms with Gasteiger partial charge in [0.25, 0.3) is 0 Å². The Balaban J connectivity index is 2.81. The van der Waals surface area contributed by atoms with E-state index in [2.05, 4.69) is 0 Å². The lowest BCUT2D eigenvalue weighted by atomic mass is 9.95. The van der Waals surface area contributed by atoms with Gasteiger partial charge in [0.05, 0.1) is 5.92 Å². The van der Waals surface area contributed by atoms with E-state index < -0.39 is 11.6 Å². The molecule has 1 rings (SSSR count). The number of halogens is 2. The van der Waals surface area contributed by atoms with Crippen LogP contribution in [0.25, 0.3) is 0 Å². The fourth-order valence-corrected chi connectivity index (χ4v) is 2.33. The minimum atomic E-state index is -0.895. The first kappa shape index (κ1) is 17.6. The molecule has 0 spiro atoms. The molecule has 1 aromatic rings. The Kier molecular flexibility index (Phi) is 6.75. The van der Waals surface area contributed by atoms with Gasteiger partial charge in [-0.3, -0.25) is 4.79 Å². The van der Waals surface area contributed by atoms with E-state index in [-0.39, 0.29) is 18.4 Å². The Bertz CT molecular complexity index is 477. The van der Waals surface area contributed by atoms with E-state index in [1.807, 2.05) is 20.8 Å². The molecule has 0 aliphatic rings. The van der Waals surface area contributed by atoms with Crippen LogP contribution in [0, 0.1) is 23.5 Å². The molecule has 5 heteroatoms. The Morgan fingerprint density at radius 2 is 1.95 bits per heavy atom. The van der Waals surface area contributed by atoms with Gasteiger partial charge >= 0.3 is 0 Å². The number of hydrogen-bond acceptors (Lipinski definition) is 2. The van der Waals surface area contributed by atoms with Crippen LogP contribution in [0.4, 0.5) is 8.78 Å². The van der Waals surface area contributed by atoms with Gasteiger partial charge in [0.2, 0.25) is 5.91 Å². The van der Waals surface area contributed by atoms with Crippen molar-refractivity contribution in [1.82, 2.24) is 4.90 Å². The van der Waals surface area contributed by atoms with Gasteiger partial charge in [-0.15, -0.1) is 0 Å². The highest BCUT2D eigenvalue weighted by molar-refractivity contribution is 5.79. The lowest BCUT2D eigenvalue weighted by molar-refractivity contribution is -0.136. The van der Waals surface area contributed by atoms with Gasteiger partial charge < -0.3 is 10.6 Å². The summed E-state index contributed by atoms with van der Waals surface area (Å²) in [5.74, 6) is -1.65. The highest BCUT2D eigenvalue weighted by atomic mass is 19.2. The van der Waals surface area contributed by atoms with Gasteiger partial charge in [-0.25, -0.2) is 8.78 Å². The van der Waals surface area contributed by atoms with Gasteiger partial charge in [-0.1, -0.05) is 19.9 Å². The zero-order valence-electron chi connectivity index (χ0n) is 12.9. The highest BCUT2D eigenvalue weighted by Gasteiger charge is 2.23. The summed E-state index contributed by atoms with van der Waals surface area (Å²) in [4.78, 5) is 14.1. The topological polar surface area (TPSA) is 46.3 Å². The van der Waals surface area contributed by atoms with Gasteiger partial charge in [-0.05, 0) is 37.0 Å². The molecule has 118 valence electrons. The average molecular weight is 298 g/mol. The van der Waals surface area contributed by atoms with E-state index >= 15 is 0 Å². The van der Waals surface area contributed by atoms with Crippen LogP contribution >= 0.6 is 0 Å². The van der Waals surface area contributed by atoms with E-state index in [9.17, 15) is 13.6 Å². The molecular weight excluding hydrogens is 274 g/mol. The molecule has 1 atom stereocenters. The molecular formula is C16H24F2N2O. The van der Waals surface area contributed by atoms with Crippen LogP contribution in [0.2, 0.25) is 0 Å². The van der Waals surface area contributed by atoms with Crippen molar-refractivity contribution in [3.05, 3.63) is 35.4 Å². The summed E-state index contributed by atoms with van der Waals surface area (Å²) >= 11 is 0. The monoisotopic (exact) mass is 298 g/mol. The molecule has 0 aromatic heterocycles. The first-order chi connectivity index (χ1) is 9.88. The van der Waals surface area contributed by atoms with Crippen molar-refractivity contribution < 1.29 is 13.6 Å².